The summed E-state index contributed by atoms with van der Waals surface area (Å²) in [5.74, 6) is -0.882. The Morgan fingerprint density at radius 3 is 2.38 bits per heavy atom. The van der Waals surface area contributed by atoms with Crippen molar-refractivity contribution in [2.45, 2.75) is 45.4 Å². The van der Waals surface area contributed by atoms with Gasteiger partial charge in [-0.1, -0.05) is 31.9 Å². The standard InChI is InChI=1S/C17H23NO6/c1-2-3-4-11-23-16(19)8-9-17(20)24-12-10-14-6-5-7-15(13-14)18(21)22/h5-7,13H,2-4,8-12H2,1H3. The van der Waals surface area contributed by atoms with E-state index in [9.17, 15) is 19.7 Å². The van der Waals surface area contributed by atoms with Gasteiger partial charge in [-0.2, -0.15) is 0 Å². The molecule has 0 unspecified atom stereocenters. The third-order valence-electron chi connectivity index (χ3n) is 3.32. The first-order valence-corrected chi connectivity index (χ1v) is 8.07. The first-order valence-electron chi connectivity index (χ1n) is 8.07. The number of nitro benzene ring substituents is 1. The predicted octanol–water partition coefficient (Wildman–Crippen LogP) is 3.19. The molecule has 7 heteroatoms. The number of hydrogen-bond acceptors (Lipinski definition) is 6. The summed E-state index contributed by atoms with van der Waals surface area (Å²) in [6.07, 6.45) is 3.25. The van der Waals surface area contributed by atoms with Crippen molar-refractivity contribution in [2.75, 3.05) is 13.2 Å². The van der Waals surface area contributed by atoms with E-state index in [1.165, 1.54) is 12.1 Å². The van der Waals surface area contributed by atoms with Crippen LogP contribution in [0, 0.1) is 10.1 Å². The Hall–Kier alpha value is -2.44. The highest BCUT2D eigenvalue weighted by Crippen LogP contribution is 2.13. The molecule has 7 nitrogen and oxygen atoms in total. The van der Waals surface area contributed by atoms with E-state index in [0.29, 0.717) is 18.6 Å². The fourth-order valence-electron chi connectivity index (χ4n) is 1.99. The lowest BCUT2D eigenvalue weighted by molar-refractivity contribution is -0.384. The van der Waals surface area contributed by atoms with Crippen molar-refractivity contribution in [1.29, 1.82) is 0 Å². The van der Waals surface area contributed by atoms with E-state index in [-0.39, 0.29) is 25.1 Å². The number of nitro groups is 1. The van der Waals surface area contributed by atoms with E-state index in [4.69, 9.17) is 9.47 Å². The molecule has 0 aliphatic carbocycles. The van der Waals surface area contributed by atoms with E-state index in [1.807, 2.05) is 0 Å². The van der Waals surface area contributed by atoms with Crippen molar-refractivity contribution < 1.29 is 24.0 Å². The van der Waals surface area contributed by atoms with Crippen LogP contribution in [0.5, 0.6) is 0 Å². The van der Waals surface area contributed by atoms with Crippen molar-refractivity contribution >= 4 is 17.6 Å². The van der Waals surface area contributed by atoms with Gasteiger partial charge < -0.3 is 9.47 Å². The van der Waals surface area contributed by atoms with Crippen LogP contribution in [0.15, 0.2) is 24.3 Å². The molecule has 1 rings (SSSR count). The molecule has 0 aliphatic heterocycles. The Labute approximate surface area is 141 Å². The lowest BCUT2D eigenvalue weighted by atomic mass is 10.1. The van der Waals surface area contributed by atoms with Gasteiger partial charge in [0.05, 0.1) is 31.0 Å². The topological polar surface area (TPSA) is 95.7 Å². The summed E-state index contributed by atoms with van der Waals surface area (Å²) in [4.78, 5) is 33.2. The van der Waals surface area contributed by atoms with Gasteiger partial charge in [0.25, 0.3) is 5.69 Å². The second kappa shape index (κ2) is 11.2. The normalized spacial score (nSPS) is 10.2. The summed E-state index contributed by atoms with van der Waals surface area (Å²) in [5, 5.41) is 10.7. The number of carbonyl (C=O) groups is 2. The van der Waals surface area contributed by atoms with Crippen LogP contribution < -0.4 is 0 Å². The summed E-state index contributed by atoms with van der Waals surface area (Å²) in [6, 6.07) is 6.17. The molecule has 0 atom stereocenters. The summed E-state index contributed by atoms with van der Waals surface area (Å²) in [5.41, 5.74) is 0.719. The molecule has 0 aromatic heterocycles. The number of ether oxygens (including phenoxy) is 2. The zero-order valence-electron chi connectivity index (χ0n) is 13.9. The minimum Gasteiger partial charge on any atom is -0.466 e. The summed E-state index contributed by atoms with van der Waals surface area (Å²) < 4.78 is 10.0. The van der Waals surface area contributed by atoms with Gasteiger partial charge in [-0.25, -0.2) is 0 Å². The van der Waals surface area contributed by atoms with E-state index in [0.717, 1.165) is 19.3 Å². The van der Waals surface area contributed by atoms with Gasteiger partial charge in [-0.15, -0.1) is 0 Å². The maximum absolute atomic E-state index is 11.6. The number of hydrogen-bond donors (Lipinski definition) is 0. The number of rotatable bonds is 11. The third-order valence-corrected chi connectivity index (χ3v) is 3.32. The van der Waals surface area contributed by atoms with Crippen molar-refractivity contribution in [3.8, 4) is 0 Å². The molecule has 0 amide bonds. The zero-order valence-corrected chi connectivity index (χ0v) is 13.9. The molecule has 0 saturated heterocycles. The molecule has 1 aromatic rings. The van der Waals surface area contributed by atoms with Gasteiger partial charge in [0, 0.05) is 18.6 Å². The highest BCUT2D eigenvalue weighted by atomic mass is 16.6. The SMILES string of the molecule is CCCCCOC(=O)CCC(=O)OCCc1cccc([N+](=O)[O-])c1. The van der Waals surface area contributed by atoms with Crippen LogP contribution in [0.1, 0.15) is 44.6 Å². The first-order chi connectivity index (χ1) is 11.5. The Morgan fingerprint density at radius 1 is 1.08 bits per heavy atom. The molecule has 0 heterocycles. The van der Waals surface area contributed by atoms with Crippen molar-refractivity contribution in [3.05, 3.63) is 39.9 Å². The molecular weight excluding hydrogens is 314 g/mol. The molecule has 0 bridgehead atoms. The fraction of sp³-hybridized carbons (Fsp3) is 0.529. The van der Waals surface area contributed by atoms with Crippen LogP contribution in [0.25, 0.3) is 0 Å². The highest BCUT2D eigenvalue weighted by Gasteiger charge is 2.10. The quantitative estimate of drug-likeness (QED) is 0.266. The van der Waals surface area contributed by atoms with E-state index >= 15 is 0 Å². The van der Waals surface area contributed by atoms with Crippen molar-refractivity contribution in [3.63, 3.8) is 0 Å². The highest BCUT2D eigenvalue weighted by molar-refractivity contribution is 5.77. The van der Waals surface area contributed by atoms with Gasteiger partial charge in [-0.3, -0.25) is 19.7 Å². The Kier molecular flexibility index (Phi) is 9.11. The average molecular weight is 337 g/mol. The number of esters is 2. The molecule has 0 spiro atoms. The van der Waals surface area contributed by atoms with E-state index in [2.05, 4.69) is 6.92 Å². The van der Waals surface area contributed by atoms with Gasteiger partial charge in [-0.05, 0) is 12.0 Å². The van der Waals surface area contributed by atoms with Crippen LogP contribution >= 0.6 is 0 Å². The van der Waals surface area contributed by atoms with Crippen LogP contribution in [-0.2, 0) is 25.5 Å². The molecular formula is C17H23NO6. The molecule has 1 aromatic carbocycles. The number of non-ortho nitro benzene ring substituents is 1. The van der Waals surface area contributed by atoms with E-state index < -0.39 is 16.9 Å². The van der Waals surface area contributed by atoms with Gasteiger partial charge in [0.1, 0.15) is 0 Å². The Morgan fingerprint density at radius 2 is 1.75 bits per heavy atom. The maximum Gasteiger partial charge on any atom is 0.306 e. The van der Waals surface area contributed by atoms with Gasteiger partial charge in [0.2, 0.25) is 0 Å². The largest absolute Gasteiger partial charge is 0.466 e. The lowest BCUT2D eigenvalue weighted by Gasteiger charge is -2.06. The molecule has 0 saturated carbocycles. The van der Waals surface area contributed by atoms with Gasteiger partial charge in [0.15, 0.2) is 0 Å². The Balaban J connectivity index is 2.19. The minimum atomic E-state index is -0.481. The van der Waals surface area contributed by atoms with Gasteiger partial charge >= 0.3 is 11.9 Å². The molecule has 0 aliphatic rings. The second-order valence-corrected chi connectivity index (χ2v) is 5.33. The van der Waals surface area contributed by atoms with Crippen LogP contribution in [0.4, 0.5) is 5.69 Å². The molecule has 0 fully saturated rings. The Bertz CT molecular complexity index is 558. The summed E-state index contributed by atoms with van der Waals surface area (Å²) >= 11 is 0. The number of nitrogens with zero attached hydrogens (tertiary/aromatic N) is 1. The number of carbonyl (C=O) groups excluding carboxylic acids is 2. The molecule has 24 heavy (non-hydrogen) atoms. The summed E-state index contributed by atoms with van der Waals surface area (Å²) in [6.45, 7) is 2.56. The maximum atomic E-state index is 11.6. The average Bonchev–Trinajstić information content (AvgIpc) is 2.57. The predicted molar refractivity (Wildman–Crippen MR) is 87.5 cm³/mol. The van der Waals surface area contributed by atoms with Crippen LogP contribution in [0.3, 0.4) is 0 Å². The lowest BCUT2D eigenvalue weighted by Crippen LogP contribution is -2.12. The van der Waals surface area contributed by atoms with Crippen molar-refractivity contribution in [1.82, 2.24) is 0 Å². The first kappa shape index (κ1) is 19.6. The number of unbranched alkanes of at least 4 members (excludes halogenated alkanes) is 2. The molecule has 0 N–H and O–H groups in total. The van der Waals surface area contributed by atoms with E-state index in [1.54, 1.807) is 12.1 Å². The fourth-order valence-corrected chi connectivity index (χ4v) is 1.99. The molecule has 132 valence electrons. The van der Waals surface area contributed by atoms with Crippen LogP contribution in [0.2, 0.25) is 0 Å². The van der Waals surface area contributed by atoms with Crippen LogP contribution in [-0.4, -0.2) is 30.1 Å². The van der Waals surface area contributed by atoms with Crippen molar-refractivity contribution in [2.24, 2.45) is 0 Å². The second-order valence-electron chi connectivity index (χ2n) is 5.33. The number of benzene rings is 1. The minimum absolute atomic E-state index is 0.00175. The monoisotopic (exact) mass is 337 g/mol. The third kappa shape index (κ3) is 8.26. The smallest absolute Gasteiger partial charge is 0.306 e. The summed E-state index contributed by atoms with van der Waals surface area (Å²) in [7, 11) is 0. The zero-order chi connectivity index (χ0) is 17.8. The molecule has 0 radical (unpaired) electrons.